The first-order valence-electron chi connectivity index (χ1n) is 14.2. The monoisotopic (exact) mass is 559 g/mol. The number of amides is 4. The van der Waals surface area contributed by atoms with Gasteiger partial charge < -0.3 is 25.5 Å². The molecule has 3 heterocycles. The van der Waals surface area contributed by atoms with Gasteiger partial charge in [0.2, 0.25) is 17.7 Å². The number of thiazole rings is 1. The maximum atomic E-state index is 13.8. The van der Waals surface area contributed by atoms with E-state index < -0.39 is 29.4 Å². The van der Waals surface area contributed by atoms with Crippen molar-refractivity contribution in [2.75, 3.05) is 33.2 Å². The molecule has 0 aromatic carbocycles. The van der Waals surface area contributed by atoms with E-state index in [1.54, 1.807) is 10.4 Å². The van der Waals surface area contributed by atoms with Gasteiger partial charge in [-0.2, -0.15) is 0 Å². The fourth-order valence-electron chi connectivity index (χ4n) is 6.91. The number of aliphatic hydroxyl groups excluding tert-OH is 1. The van der Waals surface area contributed by atoms with Crippen molar-refractivity contribution in [2.24, 2.45) is 28.6 Å². The second-order valence-electron chi connectivity index (χ2n) is 12.8. The van der Waals surface area contributed by atoms with Crippen LogP contribution in [0, 0.1) is 28.6 Å². The predicted octanol–water partition coefficient (Wildman–Crippen LogP) is 1.65. The van der Waals surface area contributed by atoms with E-state index in [1.807, 2.05) is 4.90 Å². The minimum Gasteiger partial charge on any atom is -0.390 e. The summed E-state index contributed by atoms with van der Waals surface area (Å²) in [7, 11) is 1.50. The highest BCUT2D eigenvalue weighted by atomic mass is 32.1. The lowest BCUT2D eigenvalue weighted by atomic mass is 9.70. The van der Waals surface area contributed by atoms with Crippen LogP contribution in [0.2, 0.25) is 0 Å². The highest BCUT2D eigenvalue weighted by molar-refractivity contribution is 7.11. The molecule has 4 amide bonds. The molecular formula is C28H41N5O5S. The van der Waals surface area contributed by atoms with Crippen LogP contribution >= 0.6 is 11.3 Å². The Balaban J connectivity index is 1.31. The molecule has 2 saturated carbocycles. The third kappa shape index (κ3) is 5.57. The normalized spacial score (nSPS) is 27.0. The summed E-state index contributed by atoms with van der Waals surface area (Å²) in [4.78, 5) is 60.9. The molecule has 1 aromatic heterocycles. The van der Waals surface area contributed by atoms with Gasteiger partial charge in [-0.1, -0.05) is 46.0 Å². The van der Waals surface area contributed by atoms with Crippen molar-refractivity contribution in [1.29, 1.82) is 0 Å². The molecule has 3 N–H and O–H groups in total. The van der Waals surface area contributed by atoms with E-state index in [9.17, 15) is 24.3 Å². The maximum absolute atomic E-state index is 13.8. The zero-order valence-corrected chi connectivity index (χ0v) is 24.0. The van der Waals surface area contributed by atoms with E-state index in [0.717, 1.165) is 32.1 Å². The maximum Gasteiger partial charge on any atom is 0.265 e. The van der Waals surface area contributed by atoms with Crippen LogP contribution in [0.15, 0.2) is 11.7 Å². The molecule has 2 aliphatic heterocycles. The van der Waals surface area contributed by atoms with Crippen molar-refractivity contribution >= 4 is 35.0 Å². The van der Waals surface area contributed by atoms with Crippen LogP contribution in [0.3, 0.4) is 0 Å². The first-order chi connectivity index (χ1) is 18.5. The number of rotatable bonds is 8. The Morgan fingerprint density at radius 3 is 2.36 bits per heavy atom. The molecule has 2 aliphatic carbocycles. The number of nitrogens with zero attached hydrogens (tertiary/aromatic N) is 3. The number of likely N-dealkylation sites (N-methyl/N-ethyl adjacent to an activating group) is 1. The Bertz CT molecular complexity index is 1100. The standard InChI is InChI=1S/C28H41N5O5S/c1-27(2)10-18(27)25(37)33-14-28(15-33)13-32(26(38)21-11-30-16-39-21)12-19(28)23(35)31-22(24(36)29-3)20(34)9-17-7-5-4-6-8-17/h11,16-20,22,34H,4-10,12-15H2,1-3H3,(H,29,36)(H,31,35)/t18-,19+,20-,22+/m1/s1. The molecule has 2 saturated heterocycles. The Labute approximate surface area is 233 Å². The molecule has 0 unspecified atom stereocenters. The van der Waals surface area contributed by atoms with Crippen molar-refractivity contribution in [3.05, 3.63) is 16.6 Å². The van der Waals surface area contributed by atoms with Crippen LogP contribution in [0.5, 0.6) is 0 Å². The Morgan fingerprint density at radius 1 is 1.10 bits per heavy atom. The largest absolute Gasteiger partial charge is 0.390 e. The fourth-order valence-corrected chi connectivity index (χ4v) is 7.49. The Morgan fingerprint density at radius 2 is 1.77 bits per heavy atom. The number of hydrogen-bond donors (Lipinski definition) is 3. The van der Waals surface area contributed by atoms with Crippen molar-refractivity contribution in [3.63, 3.8) is 0 Å². The van der Waals surface area contributed by atoms with E-state index in [2.05, 4.69) is 29.5 Å². The first-order valence-corrected chi connectivity index (χ1v) is 15.1. The molecule has 4 atom stereocenters. The predicted molar refractivity (Wildman–Crippen MR) is 146 cm³/mol. The van der Waals surface area contributed by atoms with E-state index in [4.69, 9.17) is 0 Å². The van der Waals surface area contributed by atoms with Gasteiger partial charge >= 0.3 is 0 Å². The fraction of sp³-hybridized carbons (Fsp3) is 0.750. The number of likely N-dealkylation sites (tertiary alicyclic amines) is 2. The van der Waals surface area contributed by atoms with Gasteiger partial charge in [0, 0.05) is 44.6 Å². The van der Waals surface area contributed by atoms with Gasteiger partial charge in [-0.25, -0.2) is 0 Å². The van der Waals surface area contributed by atoms with E-state index >= 15 is 0 Å². The highest BCUT2D eigenvalue weighted by Crippen LogP contribution is 2.54. The highest BCUT2D eigenvalue weighted by Gasteiger charge is 2.62. The third-order valence-electron chi connectivity index (χ3n) is 9.54. The van der Waals surface area contributed by atoms with Gasteiger partial charge in [-0.3, -0.25) is 24.2 Å². The lowest BCUT2D eigenvalue weighted by molar-refractivity contribution is -0.152. The van der Waals surface area contributed by atoms with Gasteiger partial charge in [0.15, 0.2) is 0 Å². The van der Waals surface area contributed by atoms with Gasteiger partial charge in [0.1, 0.15) is 10.9 Å². The lowest BCUT2D eigenvalue weighted by Crippen LogP contribution is -2.65. The van der Waals surface area contributed by atoms with Crippen LogP contribution in [0.25, 0.3) is 0 Å². The van der Waals surface area contributed by atoms with Crippen molar-refractivity contribution < 1.29 is 24.3 Å². The molecule has 4 aliphatic rings. The number of hydrogen-bond acceptors (Lipinski definition) is 7. The summed E-state index contributed by atoms with van der Waals surface area (Å²) < 4.78 is 0. The van der Waals surface area contributed by atoms with Gasteiger partial charge in [-0.15, -0.1) is 11.3 Å². The van der Waals surface area contributed by atoms with Crippen LogP contribution in [-0.4, -0.2) is 88.9 Å². The summed E-state index contributed by atoms with van der Waals surface area (Å²) in [6.07, 6.45) is 7.33. The van der Waals surface area contributed by atoms with Crippen LogP contribution in [-0.2, 0) is 14.4 Å². The minimum atomic E-state index is -1.07. The molecule has 5 rings (SSSR count). The zero-order chi connectivity index (χ0) is 27.9. The first kappa shape index (κ1) is 28.0. The quantitative estimate of drug-likeness (QED) is 0.444. The molecule has 10 nitrogen and oxygen atoms in total. The SMILES string of the molecule is CNC(=O)[C@@H](NC(=O)[C@@H]1CN(C(=O)c2cncs2)CC12CN(C(=O)[C@H]1CC1(C)C)C2)[C@H](O)CC1CCCCC1. The van der Waals surface area contributed by atoms with Crippen LogP contribution < -0.4 is 10.6 Å². The summed E-state index contributed by atoms with van der Waals surface area (Å²) in [5, 5.41) is 16.5. The molecule has 1 spiro atoms. The summed E-state index contributed by atoms with van der Waals surface area (Å²) in [6.45, 7) is 5.53. The van der Waals surface area contributed by atoms with E-state index in [0.29, 0.717) is 36.9 Å². The average molecular weight is 560 g/mol. The van der Waals surface area contributed by atoms with Gasteiger partial charge in [0.25, 0.3) is 5.91 Å². The molecular weight excluding hydrogens is 518 g/mol. The average Bonchev–Trinajstić information content (AvgIpc) is 3.28. The molecule has 0 radical (unpaired) electrons. The number of aromatic nitrogens is 1. The second-order valence-corrected chi connectivity index (χ2v) is 13.7. The summed E-state index contributed by atoms with van der Waals surface area (Å²) in [6, 6.07) is -1.07. The number of aliphatic hydroxyl groups is 1. The smallest absolute Gasteiger partial charge is 0.265 e. The summed E-state index contributed by atoms with van der Waals surface area (Å²) >= 11 is 1.26. The van der Waals surface area contributed by atoms with E-state index in [1.165, 1.54) is 31.0 Å². The van der Waals surface area contributed by atoms with E-state index in [-0.39, 0.29) is 35.6 Å². The molecule has 11 heteroatoms. The van der Waals surface area contributed by atoms with Crippen molar-refractivity contribution in [3.8, 4) is 0 Å². The van der Waals surface area contributed by atoms with Gasteiger partial charge in [0.05, 0.1) is 23.7 Å². The molecule has 214 valence electrons. The number of carbonyl (C=O) groups is 4. The van der Waals surface area contributed by atoms with Crippen molar-refractivity contribution in [1.82, 2.24) is 25.4 Å². The minimum absolute atomic E-state index is 0.00558. The zero-order valence-electron chi connectivity index (χ0n) is 23.1. The molecule has 1 aromatic rings. The number of carbonyl (C=O) groups excluding carboxylic acids is 4. The topological polar surface area (TPSA) is 132 Å². The lowest BCUT2D eigenvalue weighted by Gasteiger charge is -2.50. The van der Waals surface area contributed by atoms with Gasteiger partial charge in [-0.05, 0) is 24.2 Å². The summed E-state index contributed by atoms with van der Waals surface area (Å²) in [5.74, 6) is -1.11. The second kappa shape index (κ2) is 10.8. The summed E-state index contributed by atoms with van der Waals surface area (Å²) in [5.41, 5.74) is 1.03. The molecule has 39 heavy (non-hydrogen) atoms. The van der Waals surface area contributed by atoms with Crippen molar-refractivity contribution in [2.45, 2.75) is 70.9 Å². The molecule has 4 fully saturated rings. The Kier molecular flexibility index (Phi) is 7.76. The van der Waals surface area contributed by atoms with Crippen LogP contribution in [0.1, 0.15) is 68.5 Å². The Hall–Kier alpha value is -2.53. The molecule has 0 bridgehead atoms. The number of nitrogens with one attached hydrogen (secondary N) is 2. The third-order valence-corrected chi connectivity index (χ3v) is 10.3. The van der Waals surface area contributed by atoms with Crippen LogP contribution in [0.4, 0.5) is 0 Å².